The molecule has 88 valence electrons. The van der Waals surface area contributed by atoms with Crippen molar-refractivity contribution < 1.29 is 4.79 Å². The smallest absolute Gasteiger partial charge is 0.234 e. The molecule has 1 aliphatic rings. The Bertz CT molecular complexity index is 212. The van der Waals surface area contributed by atoms with E-state index in [1.165, 1.54) is 0 Å². The molecule has 1 fully saturated rings. The quantitative estimate of drug-likeness (QED) is 0.729. The molecular formula is C11H23N3O. The van der Waals surface area contributed by atoms with Crippen molar-refractivity contribution in [3.05, 3.63) is 0 Å². The first-order valence-electron chi connectivity index (χ1n) is 5.76. The monoisotopic (exact) mass is 213 g/mol. The minimum absolute atomic E-state index is 0.0987. The van der Waals surface area contributed by atoms with Gasteiger partial charge in [-0.15, -0.1) is 0 Å². The third-order valence-electron chi connectivity index (χ3n) is 3.47. The average molecular weight is 213 g/mol. The molecule has 0 aromatic heterocycles. The van der Waals surface area contributed by atoms with E-state index in [2.05, 4.69) is 16.8 Å². The van der Waals surface area contributed by atoms with Gasteiger partial charge in [-0.25, -0.2) is 0 Å². The van der Waals surface area contributed by atoms with Crippen molar-refractivity contribution in [3.8, 4) is 0 Å². The van der Waals surface area contributed by atoms with Crippen LogP contribution in [0, 0.1) is 0 Å². The van der Waals surface area contributed by atoms with E-state index in [-0.39, 0.29) is 11.9 Å². The van der Waals surface area contributed by atoms with Gasteiger partial charge in [-0.05, 0) is 46.4 Å². The summed E-state index contributed by atoms with van der Waals surface area (Å²) in [5.41, 5.74) is 5.39. The normalized spacial score (nSPS) is 21.9. The Morgan fingerprint density at radius 3 is 2.47 bits per heavy atom. The topological polar surface area (TPSA) is 49.6 Å². The van der Waals surface area contributed by atoms with Crippen molar-refractivity contribution >= 4 is 5.91 Å². The summed E-state index contributed by atoms with van der Waals surface area (Å²) in [6.07, 6.45) is 3.08. The van der Waals surface area contributed by atoms with Gasteiger partial charge in [-0.3, -0.25) is 9.69 Å². The van der Waals surface area contributed by atoms with Crippen molar-refractivity contribution in [2.24, 2.45) is 5.73 Å². The second-order valence-electron chi connectivity index (χ2n) is 4.53. The van der Waals surface area contributed by atoms with Crippen molar-refractivity contribution in [2.75, 3.05) is 27.2 Å². The zero-order valence-electron chi connectivity index (χ0n) is 10.1. The highest BCUT2D eigenvalue weighted by molar-refractivity contribution is 5.79. The van der Waals surface area contributed by atoms with Crippen LogP contribution in [0.2, 0.25) is 0 Å². The maximum Gasteiger partial charge on any atom is 0.234 e. The van der Waals surface area contributed by atoms with Crippen LogP contribution in [0.25, 0.3) is 0 Å². The van der Waals surface area contributed by atoms with Gasteiger partial charge >= 0.3 is 0 Å². The number of piperidine rings is 1. The molecule has 1 amide bonds. The van der Waals surface area contributed by atoms with Gasteiger partial charge in [0.15, 0.2) is 0 Å². The third-order valence-corrected chi connectivity index (χ3v) is 3.47. The number of rotatable bonds is 4. The van der Waals surface area contributed by atoms with Gasteiger partial charge in [0.05, 0.1) is 6.04 Å². The number of carbonyl (C=O) groups excluding carboxylic acids is 1. The highest BCUT2D eigenvalue weighted by Crippen LogP contribution is 2.17. The summed E-state index contributed by atoms with van der Waals surface area (Å²) in [5, 5.41) is 0. The van der Waals surface area contributed by atoms with Crippen LogP contribution in [-0.2, 0) is 4.79 Å². The van der Waals surface area contributed by atoms with Crippen LogP contribution < -0.4 is 5.73 Å². The fourth-order valence-corrected chi connectivity index (χ4v) is 2.35. The Hall–Kier alpha value is -0.610. The second kappa shape index (κ2) is 5.47. The molecule has 0 aliphatic carbocycles. The number of amides is 1. The largest absolute Gasteiger partial charge is 0.368 e. The lowest BCUT2D eigenvalue weighted by Gasteiger charge is -2.38. The van der Waals surface area contributed by atoms with Crippen molar-refractivity contribution in [2.45, 2.75) is 38.3 Å². The summed E-state index contributed by atoms with van der Waals surface area (Å²) in [6.45, 7) is 4.25. The molecule has 0 radical (unpaired) electrons. The third kappa shape index (κ3) is 3.18. The van der Waals surface area contributed by atoms with E-state index in [1.54, 1.807) is 0 Å². The average Bonchev–Trinajstić information content (AvgIpc) is 2.19. The van der Waals surface area contributed by atoms with Crippen molar-refractivity contribution in [1.29, 1.82) is 0 Å². The first-order valence-corrected chi connectivity index (χ1v) is 5.76. The number of carbonyl (C=O) groups is 1. The zero-order valence-corrected chi connectivity index (χ0v) is 10.1. The van der Waals surface area contributed by atoms with Crippen LogP contribution in [0.4, 0.5) is 0 Å². The van der Waals surface area contributed by atoms with E-state index in [0.29, 0.717) is 6.04 Å². The van der Waals surface area contributed by atoms with Crippen LogP contribution in [0.15, 0.2) is 0 Å². The second-order valence-corrected chi connectivity index (χ2v) is 4.53. The van der Waals surface area contributed by atoms with Gasteiger partial charge < -0.3 is 10.6 Å². The molecule has 1 aliphatic heterocycles. The van der Waals surface area contributed by atoms with Crippen molar-refractivity contribution in [1.82, 2.24) is 9.80 Å². The van der Waals surface area contributed by atoms with Gasteiger partial charge in [0.1, 0.15) is 0 Å². The lowest BCUT2D eigenvalue weighted by Crippen LogP contribution is -2.50. The molecule has 0 spiro atoms. The standard InChI is InChI=1S/C11H23N3O/c1-4-10(11(12)15)14(3)9-5-7-13(2)8-6-9/h9-10H,4-8H2,1-3H3,(H2,12,15). The molecule has 4 nitrogen and oxygen atoms in total. The molecule has 1 unspecified atom stereocenters. The van der Waals surface area contributed by atoms with Crippen LogP contribution in [0.1, 0.15) is 26.2 Å². The minimum Gasteiger partial charge on any atom is -0.368 e. The van der Waals surface area contributed by atoms with E-state index in [1.807, 2.05) is 14.0 Å². The van der Waals surface area contributed by atoms with Gasteiger partial charge in [-0.2, -0.15) is 0 Å². The molecule has 0 saturated carbocycles. The van der Waals surface area contributed by atoms with E-state index < -0.39 is 0 Å². The predicted molar refractivity (Wildman–Crippen MR) is 61.6 cm³/mol. The molecule has 2 N–H and O–H groups in total. The first-order chi connectivity index (χ1) is 7.06. The van der Waals surface area contributed by atoms with Gasteiger partial charge in [0, 0.05) is 6.04 Å². The molecule has 4 heteroatoms. The van der Waals surface area contributed by atoms with E-state index in [4.69, 9.17) is 5.73 Å². The molecule has 0 bridgehead atoms. The molecule has 1 atom stereocenters. The van der Waals surface area contributed by atoms with Crippen LogP contribution in [0.5, 0.6) is 0 Å². The lowest BCUT2D eigenvalue weighted by atomic mass is 10.0. The number of likely N-dealkylation sites (tertiary alicyclic amines) is 1. The van der Waals surface area contributed by atoms with Gasteiger partial charge in [0.2, 0.25) is 5.91 Å². The number of primary amides is 1. The Morgan fingerprint density at radius 1 is 1.53 bits per heavy atom. The lowest BCUT2D eigenvalue weighted by molar-refractivity contribution is -0.124. The van der Waals surface area contributed by atoms with Crippen LogP contribution in [-0.4, -0.2) is 55.0 Å². The maximum atomic E-state index is 11.2. The summed E-state index contributed by atoms with van der Waals surface area (Å²) in [4.78, 5) is 15.7. The van der Waals surface area contributed by atoms with Gasteiger partial charge in [0.25, 0.3) is 0 Å². The van der Waals surface area contributed by atoms with E-state index in [0.717, 1.165) is 32.4 Å². The zero-order chi connectivity index (χ0) is 11.4. The SMILES string of the molecule is CCC(C(N)=O)N(C)C1CCN(C)CC1. The number of hydrogen-bond acceptors (Lipinski definition) is 3. The van der Waals surface area contributed by atoms with E-state index in [9.17, 15) is 4.79 Å². The highest BCUT2D eigenvalue weighted by Gasteiger charge is 2.27. The predicted octanol–water partition coefficient (Wildman–Crippen LogP) is 0.276. The molecule has 15 heavy (non-hydrogen) atoms. The Balaban J connectivity index is 2.51. The maximum absolute atomic E-state index is 11.2. The summed E-state index contributed by atoms with van der Waals surface area (Å²) in [5.74, 6) is -0.195. The first kappa shape index (κ1) is 12.5. The Labute approximate surface area is 92.4 Å². The highest BCUT2D eigenvalue weighted by atomic mass is 16.1. The molecule has 1 rings (SSSR count). The van der Waals surface area contributed by atoms with Crippen molar-refractivity contribution in [3.63, 3.8) is 0 Å². The molecule has 0 aromatic rings. The summed E-state index contributed by atoms with van der Waals surface area (Å²) < 4.78 is 0. The van der Waals surface area contributed by atoms with E-state index >= 15 is 0 Å². The molecular weight excluding hydrogens is 190 g/mol. The molecule has 0 aromatic carbocycles. The summed E-state index contributed by atoms with van der Waals surface area (Å²) >= 11 is 0. The Kier molecular flexibility index (Phi) is 4.54. The fraction of sp³-hybridized carbons (Fsp3) is 0.909. The number of nitrogens with two attached hydrogens (primary N) is 1. The molecule has 1 saturated heterocycles. The van der Waals surface area contributed by atoms with Gasteiger partial charge in [-0.1, -0.05) is 6.92 Å². The summed E-state index contributed by atoms with van der Waals surface area (Å²) in [7, 11) is 4.16. The fourth-order valence-electron chi connectivity index (χ4n) is 2.35. The molecule has 1 heterocycles. The summed E-state index contributed by atoms with van der Waals surface area (Å²) in [6, 6.07) is 0.414. The number of hydrogen-bond donors (Lipinski definition) is 1. The van der Waals surface area contributed by atoms with Crippen LogP contribution in [0.3, 0.4) is 0 Å². The number of nitrogens with zero attached hydrogens (tertiary/aromatic N) is 2. The number of likely N-dealkylation sites (N-methyl/N-ethyl adjacent to an activating group) is 1. The Morgan fingerprint density at radius 2 is 2.07 bits per heavy atom. The van der Waals surface area contributed by atoms with Crippen LogP contribution >= 0.6 is 0 Å². The minimum atomic E-state index is -0.195.